The topological polar surface area (TPSA) is 12.9 Å². The highest BCUT2D eigenvalue weighted by molar-refractivity contribution is 5.26. The van der Waals surface area contributed by atoms with Gasteiger partial charge < -0.3 is 0 Å². The van der Waals surface area contributed by atoms with Gasteiger partial charge in [-0.3, -0.25) is 4.98 Å². The van der Waals surface area contributed by atoms with Crippen LogP contribution in [0.2, 0.25) is 0 Å². The summed E-state index contributed by atoms with van der Waals surface area (Å²) in [7, 11) is 0. The minimum Gasteiger partial charge on any atom is -0.261 e. The first-order chi connectivity index (χ1) is 5.38. The molecule has 1 heterocycles. The summed E-state index contributed by atoms with van der Waals surface area (Å²) in [4.78, 5) is 4.28. The first kappa shape index (κ1) is 6.84. The third-order valence-electron chi connectivity index (χ3n) is 2.24. The predicted octanol–water partition coefficient (Wildman–Crippen LogP) is 2.21. The average molecular weight is 145 g/mol. The van der Waals surface area contributed by atoms with Gasteiger partial charge in [-0.2, -0.15) is 0 Å². The Bertz CT molecular complexity index is 255. The van der Waals surface area contributed by atoms with E-state index in [0.717, 1.165) is 18.5 Å². The van der Waals surface area contributed by atoms with E-state index in [2.05, 4.69) is 11.1 Å². The molecule has 0 saturated carbocycles. The molecule has 0 saturated heterocycles. The predicted molar refractivity (Wildman–Crippen MR) is 44.2 cm³/mol. The Morgan fingerprint density at radius 2 is 2.45 bits per heavy atom. The van der Waals surface area contributed by atoms with Gasteiger partial charge in [0, 0.05) is 17.8 Å². The SMILES string of the molecule is [CH]C1CCCc2cccnc21. The van der Waals surface area contributed by atoms with Crippen LogP contribution in [0.1, 0.15) is 30.0 Å². The lowest BCUT2D eigenvalue weighted by Crippen LogP contribution is -2.08. The summed E-state index contributed by atoms with van der Waals surface area (Å²) in [6.07, 6.45) is 5.27. The third-order valence-corrected chi connectivity index (χ3v) is 2.24. The van der Waals surface area contributed by atoms with Crippen molar-refractivity contribution in [1.29, 1.82) is 0 Å². The number of fused-ring (bicyclic) bond motifs is 1. The van der Waals surface area contributed by atoms with Gasteiger partial charge in [-0.25, -0.2) is 0 Å². The van der Waals surface area contributed by atoms with Crippen molar-refractivity contribution in [3.63, 3.8) is 0 Å². The van der Waals surface area contributed by atoms with Crippen molar-refractivity contribution >= 4 is 0 Å². The Morgan fingerprint density at radius 1 is 1.55 bits per heavy atom. The summed E-state index contributed by atoms with van der Waals surface area (Å²) in [5, 5.41) is 0. The fraction of sp³-hybridized carbons (Fsp3) is 0.400. The molecule has 1 nitrogen and oxygen atoms in total. The van der Waals surface area contributed by atoms with E-state index >= 15 is 0 Å². The molecule has 2 radical (unpaired) electrons. The number of hydrogen-bond donors (Lipinski definition) is 0. The highest BCUT2D eigenvalue weighted by atomic mass is 14.7. The van der Waals surface area contributed by atoms with Gasteiger partial charge in [0.15, 0.2) is 0 Å². The van der Waals surface area contributed by atoms with Crippen molar-refractivity contribution in [2.75, 3.05) is 0 Å². The van der Waals surface area contributed by atoms with E-state index < -0.39 is 0 Å². The Labute approximate surface area is 67.5 Å². The number of aryl methyl sites for hydroxylation is 1. The van der Waals surface area contributed by atoms with Crippen LogP contribution in [0.4, 0.5) is 0 Å². The number of rotatable bonds is 0. The molecule has 1 unspecified atom stereocenters. The zero-order valence-electron chi connectivity index (χ0n) is 6.46. The second-order valence-corrected chi connectivity index (χ2v) is 3.05. The van der Waals surface area contributed by atoms with Crippen LogP contribution in [-0.4, -0.2) is 4.98 Å². The molecular weight excluding hydrogens is 134 g/mol. The second-order valence-electron chi connectivity index (χ2n) is 3.05. The van der Waals surface area contributed by atoms with Crippen molar-refractivity contribution in [2.24, 2.45) is 0 Å². The molecule has 1 aromatic rings. The third kappa shape index (κ3) is 1.15. The molecular formula is C10H11N. The smallest absolute Gasteiger partial charge is 0.0469 e. The van der Waals surface area contributed by atoms with E-state index in [-0.39, 0.29) is 5.92 Å². The fourth-order valence-electron chi connectivity index (χ4n) is 1.65. The molecule has 1 heteroatoms. The van der Waals surface area contributed by atoms with Crippen LogP contribution < -0.4 is 0 Å². The number of pyridine rings is 1. The number of hydrogen-bond acceptors (Lipinski definition) is 1. The van der Waals surface area contributed by atoms with Crippen LogP contribution in [0.5, 0.6) is 0 Å². The van der Waals surface area contributed by atoms with Gasteiger partial charge in [0.05, 0.1) is 0 Å². The van der Waals surface area contributed by atoms with Crippen molar-refractivity contribution in [3.8, 4) is 0 Å². The molecule has 0 amide bonds. The molecule has 0 fully saturated rings. The summed E-state index contributed by atoms with van der Waals surface area (Å²) in [5.41, 5.74) is 2.45. The van der Waals surface area contributed by atoms with Crippen LogP contribution >= 0.6 is 0 Å². The lowest BCUT2D eigenvalue weighted by Gasteiger charge is -2.19. The second kappa shape index (κ2) is 2.65. The van der Waals surface area contributed by atoms with E-state index in [4.69, 9.17) is 6.92 Å². The maximum Gasteiger partial charge on any atom is 0.0469 e. The van der Waals surface area contributed by atoms with E-state index in [0.29, 0.717) is 0 Å². The summed E-state index contributed by atoms with van der Waals surface area (Å²) >= 11 is 0. The van der Waals surface area contributed by atoms with Crippen molar-refractivity contribution in [2.45, 2.75) is 25.2 Å². The standard InChI is InChI=1S/C10H11N/c1-8-4-2-5-9-6-3-7-11-10(8)9/h1,3,6-8H,2,4-5H2. The Balaban J connectivity index is 2.44. The number of aromatic nitrogens is 1. The molecule has 0 bridgehead atoms. The number of nitrogens with zero attached hydrogens (tertiary/aromatic N) is 1. The largest absolute Gasteiger partial charge is 0.261 e. The van der Waals surface area contributed by atoms with Crippen molar-refractivity contribution in [1.82, 2.24) is 4.98 Å². The van der Waals surface area contributed by atoms with Crippen molar-refractivity contribution in [3.05, 3.63) is 36.5 Å². The maximum absolute atomic E-state index is 5.88. The minimum atomic E-state index is 0.181. The van der Waals surface area contributed by atoms with Crippen LogP contribution in [0.3, 0.4) is 0 Å². The van der Waals surface area contributed by atoms with Gasteiger partial charge in [0.1, 0.15) is 0 Å². The van der Waals surface area contributed by atoms with Crippen LogP contribution in [0.15, 0.2) is 18.3 Å². The van der Waals surface area contributed by atoms with Gasteiger partial charge in [-0.05, 0) is 37.8 Å². The Kier molecular flexibility index (Phi) is 1.65. The highest BCUT2D eigenvalue weighted by Crippen LogP contribution is 2.28. The summed E-state index contributed by atoms with van der Waals surface area (Å²) in [6.45, 7) is 5.88. The van der Waals surface area contributed by atoms with Gasteiger partial charge in [-0.1, -0.05) is 6.07 Å². The zero-order valence-corrected chi connectivity index (χ0v) is 6.46. The molecule has 0 aromatic carbocycles. The summed E-state index contributed by atoms with van der Waals surface area (Å²) in [5.74, 6) is 0.181. The van der Waals surface area contributed by atoms with Crippen LogP contribution in [-0.2, 0) is 6.42 Å². The average Bonchev–Trinajstić information content (AvgIpc) is 2.06. The quantitative estimate of drug-likeness (QED) is 0.545. The molecule has 1 atom stereocenters. The normalized spacial score (nSPS) is 22.8. The molecule has 1 aliphatic rings. The van der Waals surface area contributed by atoms with E-state index in [1.807, 2.05) is 12.3 Å². The van der Waals surface area contributed by atoms with E-state index in [1.165, 1.54) is 12.0 Å². The fourth-order valence-corrected chi connectivity index (χ4v) is 1.65. The first-order valence-electron chi connectivity index (χ1n) is 4.07. The minimum absolute atomic E-state index is 0.181. The molecule has 1 aliphatic carbocycles. The lowest BCUT2D eigenvalue weighted by atomic mass is 9.88. The van der Waals surface area contributed by atoms with E-state index in [1.54, 1.807) is 0 Å². The molecule has 0 aliphatic heterocycles. The van der Waals surface area contributed by atoms with Crippen LogP contribution in [0.25, 0.3) is 0 Å². The Hall–Kier alpha value is -0.850. The molecule has 2 rings (SSSR count). The Morgan fingerprint density at radius 3 is 3.27 bits per heavy atom. The molecule has 0 N–H and O–H groups in total. The summed E-state index contributed by atoms with van der Waals surface area (Å²) in [6, 6.07) is 4.11. The molecule has 0 spiro atoms. The molecule has 56 valence electrons. The van der Waals surface area contributed by atoms with Crippen LogP contribution in [0, 0.1) is 6.92 Å². The first-order valence-corrected chi connectivity index (χ1v) is 4.07. The summed E-state index contributed by atoms with van der Waals surface area (Å²) < 4.78 is 0. The van der Waals surface area contributed by atoms with Gasteiger partial charge in [0.2, 0.25) is 0 Å². The van der Waals surface area contributed by atoms with Gasteiger partial charge in [-0.15, -0.1) is 0 Å². The maximum atomic E-state index is 5.88. The van der Waals surface area contributed by atoms with E-state index in [9.17, 15) is 0 Å². The van der Waals surface area contributed by atoms with Crippen molar-refractivity contribution < 1.29 is 0 Å². The highest BCUT2D eigenvalue weighted by Gasteiger charge is 2.16. The zero-order chi connectivity index (χ0) is 7.68. The molecule has 11 heavy (non-hydrogen) atoms. The molecule has 1 aromatic heterocycles. The van der Waals surface area contributed by atoms with Gasteiger partial charge >= 0.3 is 0 Å². The lowest BCUT2D eigenvalue weighted by molar-refractivity contribution is 0.609. The van der Waals surface area contributed by atoms with Gasteiger partial charge in [0.25, 0.3) is 0 Å². The monoisotopic (exact) mass is 145 g/mol.